The number of halogens is 2. The molecule has 2 aliphatic heterocycles. The molecule has 44 heavy (non-hydrogen) atoms. The number of para-hydroxylation sites is 1. The molecule has 8 nitrogen and oxygen atoms in total. The van der Waals surface area contributed by atoms with Crippen molar-refractivity contribution >= 4 is 51.0 Å². The van der Waals surface area contributed by atoms with Crippen LogP contribution in [0.2, 0.25) is 10.0 Å². The van der Waals surface area contributed by atoms with Crippen molar-refractivity contribution in [2.75, 3.05) is 39.3 Å². The Bertz CT molecular complexity index is 1550. The van der Waals surface area contributed by atoms with Crippen LogP contribution in [-0.2, 0) is 22.4 Å². The number of pyridine rings is 1. The van der Waals surface area contributed by atoms with Gasteiger partial charge in [0.25, 0.3) is 0 Å². The highest BCUT2D eigenvalue weighted by atomic mass is 35.5. The molecule has 3 aliphatic rings. The highest BCUT2D eigenvalue weighted by Gasteiger charge is 2.46. The van der Waals surface area contributed by atoms with Gasteiger partial charge in [0.15, 0.2) is 0 Å². The highest BCUT2D eigenvalue weighted by Crippen LogP contribution is 2.37. The number of piperidine rings is 1. The molecule has 6 rings (SSSR count). The Morgan fingerprint density at radius 3 is 2.55 bits per heavy atom. The van der Waals surface area contributed by atoms with E-state index >= 15 is 0 Å². The number of nitrogens with zero attached hydrogens (tertiary/aromatic N) is 3. The summed E-state index contributed by atoms with van der Waals surface area (Å²) in [5.41, 5.74) is 2.49. The van der Waals surface area contributed by atoms with Gasteiger partial charge in [-0.15, -0.1) is 0 Å². The molecule has 1 unspecified atom stereocenters. The largest absolute Gasteiger partial charge is 0.487 e. The molecule has 3 heterocycles. The van der Waals surface area contributed by atoms with E-state index in [0.717, 1.165) is 87.1 Å². The predicted molar refractivity (Wildman–Crippen MR) is 177 cm³/mol. The molecular weight excluding hydrogens is 617 g/mol. The van der Waals surface area contributed by atoms with E-state index in [4.69, 9.17) is 32.9 Å². The van der Waals surface area contributed by atoms with E-state index in [1.165, 1.54) is 0 Å². The van der Waals surface area contributed by atoms with Crippen molar-refractivity contribution in [3.05, 3.63) is 63.3 Å². The number of aryl methyl sites for hydroxylation is 2. The van der Waals surface area contributed by atoms with Crippen LogP contribution >= 0.6 is 23.2 Å². The molecule has 3 aromatic rings. The number of likely N-dealkylation sites (tertiary alicyclic amines) is 1. The minimum absolute atomic E-state index is 0.0600. The Labute approximate surface area is 272 Å². The first-order valence-electron chi connectivity index (χ1n) is 15.7. The SMILES string of the molecule is Cc1cc(C)c2cccc(OCc3c(Cl)ccc(S(=O)NC4(C(=O)N5CCC(N6CCNCC6)CC5)CCCC4)c3Cl)c2n1. The van der Waals surface area contributed by atoms with E-state index in [1.54, 1.807) is 12.1 Å². The fourth-order valence-electron chi connectivity index (χ4n) is 7.03. The summed E-state index contributed by atoms with van der Waals surface area (Å²) >= 11 is 13.5. The van der Waals surface area contributed by atoms with Gasteiger partial charge >= 0.3 is 0 Å². The third-order valence-corrected chi connectivity index (χ3v) is 11.6. The minimum atomic E-state index is -1.73. The number of benzene rings is 2. The second-order valence-corrected chi connectivity index (χ2v) is 14.3. The van der Waals surface area contributed by atoms with Crippen molar-refractivity contribution in [2.24, 2.45) is 0 Å². The lowest BCUT2D eigenvalue weighted by Crippen LogP contribution is -2.59. The summed E-state index contributed by atoms with van der Waals surface area (Å²) in [7, 11) is -1.73. The number of carbonyl (C=O) groups excluding carboxylic acids is 1. The third-order valence-electron chi connectivity index (χ3n) is 9.43. The van der Waals surface area contributed by atoms with Gasteiger partial charge in [0, 0.05) is 67.0 Å². The fraction of sp³-hybridized carbons (Fsp3) is 0.515. The molecule has 1 saturated carbocycles. The average molecular weight is 659 g/mol. The van der Waals surface area contributed by atoms with Crippen molar-refractivity contribution in [3.63, 3.8) is 0 Å². The molecule has 0 bridgehead atoms. The molecule has 2 aromatic carbocycles. The van der Waals surface area contributed by atoms with Gasteiger partial charge in [0.2, 0.25) is 5.91 Å². The molecule has 0 spiro atoms. The molecule has 3 fully saturated rings. The summed E-state index contributed by atoms with van der Waals surface area (Å²) in [6.07, 6.45) is 5.09. The first kappa shape index (κ1) is 31.7. The van der Waals surface area contributed by atoms with Crippen LogP contribution < -0.4 is 14.8 Å². The maximum Gasteiger partial charge on any atom is 0.243 e. The van der Waals surface area contributed by atoms with E-state index in [1.807, 2.05) is 36.1 Å². The van der Waals surface area contributed by atoms with E-state index in [9.17, 15) is 9.00 Å². The molecule has 11 heteroatoms. The molecular formula is C33H41Cl2N5O3S. The van der Waals surface area contributed by atoms with Gasteiger partial charge in [0.05, 0.1) is 9.92 Å². The standard InChI is InChI=1S/C33H41Cl2N5O3S/c1-22-20-23(2)37-31-25(22)6-5-7-28(31)43-21-26-27(34)8-9-29(30(26)35)44(42)38-33(12-3-4-13-33)32(41)40-16-10-24(11-17-40)39-18-14-36-15-19-39/h5-9,20,24,36,38H,3-4,10-19,21H2,1-2H3. The Kier molecular flexibility index (Phi) is 9.81. The highest BCUT2D eigenvalue weighted by molar-refractivity contribution is 7.83. The smallest absolute Gasteiger partial charge is 0.243 e. The third kappa shape index (κ3) is 6.50. The second kappa shape index (κ2) is 13.6. The minimum Gasteiger partial charge on any atom is -0.487 e. The molecule has 236 valence electrons. The maximum absolute atomic E-state index is 14.0. The molecule has 1 aliphatic carbocycles. The van der Waals surface area contributed by atoms with Crippen molar-refractivity contribution < 1.29 is 13.7 Å². The number of ether oxygens (including phenoxy) is 1. The van der Waals surface area contributed by atoms with E-state index in [2.05, 4.69) is 21.9 Å². The molecule has 2 saturated heterocycles. The molecule has 0 radical (unpaired) electrons. The Balaban J connectivity index is 1.16. The van der Waals surface area contributed by atoms with Gasteiger partial charge in [-0.25, -0.2) is 13.9 Å². The van der Waals surface area contributed by atoms with Crippen molar-refractivity contribution in [1.29, 1.82) is 0 Å². The number of hydrogen-bond donors (Lipinski definition) is 2. The molecule has 1 aromatic heterocycles. The molecule has 1 amide bonds. The Morgan fingerprint density at radius 1 is 1.09 bits per heavy atom. The first-order valence-corrected chi connectivity index (χ1v) is 17.6. The lowest BCUT2D eigenvalue weighted by molar-refractivity contribution is -0.139. The lowest BCUT2D eigenvalue weighted by atomic mass is 9.94. The van der Waals surface area contributed by atoms with Gasteiger partial charge in [-0.05, 0) is 69.4 Å². The summed E-state index contributed by atoms with van der Waals surface area (Å²) in [5, 5.41) is 5.14. The monoisotopic (exact) mass is 657 g/mol. The first-order chi connectivity index (χ1) is 21.3. The second-order valence-electron chi connectivity index (χ2n) is 12.3. The van der Waals surface area contributed by atoms with Crippen molar-refractivity contribution in [2.45, 2.75) is 75.5 Å². The van der Waals surface area contributed by atoms with Crippen LogP contribution in [0.3, 0.4) is 0 Å². The van der Waals surface area contributed by atoms with Gasteiger partial charge in [-0.2, -0.15) is 0 Å². The summed E-state index contributed by atoms with van der Waals surface area (Å²) < 4.78 is 23.4. The quantitative estimate of drug-likeness (QED) is 0.330. The average Bonchev–Trinajstić information content (AvgIpc) is 3.50. The Morgan fingerprint density at radius 2 is 1.82 bits per heavy atom. The van der Waals surface area contributed by atoms with Gasteiger partial charge in [0.1, 0.15) is 34.4 Å². The van der Waals surface area contributed by atoms with Crippen LogP contribution in [0.15, 0.2) is 41.3 Å². The van der Waals surface area contributed by atoms with Crippen LogP contribution in [0.5, 0.6) is 5.75 Å². The van der Waals surface area contributed by atoms with Crippen LogP contribution in [0, 0.1) is 13.8 Å². The summed E-state index contributed by atoms with van der Waals surface area (Å²) in [6, 6.07) is 11.8. The van der Waals surface area contributed by atoms with Crippen LogP contribution in [0.1, 0.15) is 55.3 Å². The van der Waals surface area contributed by atoms with Crippen LogP contribution in [-0.4, -0.2) is 75.7 Å². The number of rotatable bonds is 8. The maximum atomic E-state index is 14.0. The van der Waals surface area contributed by atoms with Crippen LogP contribution in [0.4, 0.5) is 0 Å². The lowest BCUT2D eigenvalue weighted by Gasteiger charge is -2.42. The molecule has 2 N–H and O–H groups in total. The van der Waals surface area contributed by atoms with E-state index in [-0.39, 0.29) is 17.5 Å². The number of nitrogens with one attached hydrogen (secondary N) is 2. The summed E-state index contributed by atoms with van der Waals surface area (Å²) in [4.78, 5) is 23.7. The zero-order valence-corrected chi connectivity index (χ0v) is 27.8. The predicted octanol–water partition coefficient (Wildman–Crippen LogP) is 5.56. The number of hydrogen-bond acceptors (Lipinski definition) is 6. The van der Waals surface area contributed by atoms with E-state index < -0.39 is 16.5 Å². The van der Waals surface area contributed by atoms with E-state index in [0.29, 0.717) is 40.1 Å². The van der Waals surface area contributed by atoms with Gasteiger partial charge < -0.3 is 15.0 Å². The topological polar surface area (TPSA) is 86.8 Å². The van der Waals surface area contributed by atoms with Crippen molar-refractivity contribution in [1.82, 2.24) is 24.8 Å². The summed E-state index contributed by atoms with van der Waals surface area (Å²) in [5.74, 6) is 0.687. The van der Waals surface area contributed by atoms with Gasteiger partial charge in [-0.3, -0.25) is 9.69 Å². The van der Waals surface area contributed by atoms with Crippen LogP contribution in [0.25, 0.3) is 10.9 Å². The van der Waals surface area contributed by atoms with Crippen molar-refractivity contribution in [3.8, 4) is 5.75 Å². The number of amides is 1. The normalized spacial score (nSPS) is 20.2. The number of carbonyl (C=O) groups is 1. The Hall–Kier alpha value is -2.27. The number of aromatic nitrogens is 1. The number of fused-ring (bicyclic) bond motifs is 1. The molecule has 1 atom stereocenters. The fourth-order valence-corrected chi connectivity index (χ4v) is 8.95. The van der Waals surface area contributed by atoms with Gasteiger partial charge in [-0.1, -0.05) is 48.2 Å². The summed E-state index contributed by atoms with van der Waals surface area (Å²) in [6.45, 7) is 9.74. The number of piperazine rings is 1. The zero-order chi connectivity index (χ0) is 30.8. The zero-order valence-electron chi connectivity index (χ0n) is 25.5.